The van der Waals surface area contributed by atoms with Crippen molar-refractivity contribution in [2.45, 2.75) is 0 Å². The molecular weight excluding hydrogens is 330 g/mol. The Morgan fingerprint density at radius 2 is 2.04 bits per heavy atom. The van der Waals surface area contributed by atoms with E-state index in [1.54, 1.807) is 47.1 Å². The van der Waals surface area contributed by atoms with Crippen LogP contribution in [-0.4, -0.2) is 52.4 Å². The molecule has 126 valence electrons. The highest BCUT2D eigenvalue weighted by atomic mass is 35.5. The second-order valence-electron chi connectivity index (χ2n) is 5.55. The maximum atomic E-state index is 12.5. The molecule has 0 spiro atoms. The number of carbonyl (C=O) groups excluding carboxylic acids is 2. The molecule has 1 saturated heterocycles. The van der Waals surface area contributed by atoms with E-state index in [1.165, 1.54) is 0 Å². The fraction of sp³-hybridized carbons (Fsp3) is 0.312. The number of hydrogen-bond acceptors (Lipinski definition) is 4. The second kappa shape index (κ2) is 7.02. The number of aromatic nitrogens is 2. The zero-order valence-electron chi connectivity index (χ0n) is 13.3. The standard InChI is InChI=1S/C16H18ClN5O2/c1-21-7-6-19-14(21)15(23)20-11-2-3-12(13(17)10-11)16(24)22-8-4-18-5-9-22/h2-3,6-7,10,18H,4-5,8-9H2,1H3,(H,20,23). The summed E-state index contributed by atoms with van der Waals surface area (Å²) >= 11 is 6.25. The lowest BCUT2D eigenvalue weighted by Gasteiger charge is -2.27. The number of benzene rings is 1. The van der Waals surface area contributed by atoms with Gasteiger partial charge in [-0.05, 0) is 18.2 Å². The number of aryl methyl sites for hydroxylation is 1. The molecule has 1 aliphatic heterocycles. The fourth-order valence-electron chi connectivity index (χ4n) is 2.58. The summed E-state index contributed by atoms with van der Waals surface area (Å²) in [5, 5.41) is 6.25. The van der Waals surface area contributed by atoms with Crippen LogP contribution in [0.4, 0.5) is 5.69 Å². The van der Waals surface area contributed by atoms with E-state index >= 15 is 0 Å². The van der Waals surface area contributed by atoms with Crippen molar-refractivity contribution in [2.75, 3.05) is 31.5 Å². The van der Waals surface area contributed by atoms with Crippen molar-refractivity contribution >= 4 is 29.1 Å². The largest absolute Gasteiger partial charge is 0.336 e. The average molecular weight is 348 g/mol. The molecule has 0 unspecified atom stereocenters. The number of nitrogens with one attached hydrogen (secondary N) is 2. The Balaban J connectivity index is 1.73. The molecule has 0 atom stereocenters. The van der Waals surface area contributed by atoms with Crippen LogP contribution >= 0.6 is 11.6 Å². The lowest BCUT2D eigenvalue weighted by Crippen LogP contribution is -2.46. The van der Waals surface area contributed by atoms with Crippen molar-refractivity contribution in [1.82, 2.24) is 19.8 Å². The highest BCUT2D eigenvalue weighted by Gasteiger charge is 2.20. The number of halogens is 1. The van der Waals surface area contributed by atoms with E-state index in [-0.39, 0.29) is 11.8 Å². The van der Waals surface area contributed by atoms with Gasteiger partial charge in [0.1, 0.15) is 0 Å². The van der Waals surface area contributed by atoms with Crippen molar-refractivity contribution in [3.8, 4) is 0 Å². The summed E-state index contributed by atoms with van der Waals surface area (Å²) in [5.74, 6) is -0.129. The predicted molar refractivity (Wildman–Crippen MR) is 91.4 cm³/mol. The molecule has 2 heterocycles. The first-order valence-electron chi connectivity index (χ1n) is 7.64. The molecule has 3 rings (SSSR count). The van der Waals surface area contributed by atoms with Crippen molar-refractivity contribution in [2.24, 2.45) is 7.05 Å². The Kier molecular flexibility index (Phi) is 4.82. The zero-order valence-corrected chi connectivity index (χ0v) is 14.0. The van der Waals surface area contributed by atoms with E-state index in [0.717, 1.165) is 13.1 Å². The molecule has 8 heteroatoms. The molecular formula is C16H18ClN5O2. The fourth-order valence-corrected chi connectivity index (χ4v) is 2.84. The van der Waals surface area contributed by atoms with E-state index in [9.17, 15) is 9.59 Å². The Morgan fingerprint density at radius 1 is 1.29 bits per heavy atom. The topological polar surface area (TPSA) is 79.3 Å². The first-order valence-corrected chi connectivity index (χ1v) is 8.02. The molecule has 0 radical (unpaired) electrons. The Morgan fingerprint density at radius 3 is 2.67 bits per heavy atom. The van der Waals surface area contributed by atoms with Gasteiger partial charge >= 0.3 is 0 Å². The van der Waals surface area contributed by atoms with Gasteiger partial charge in [-0.2, -0.15) is 0 Å². The molecule has 1 aromatic heterocycles. The van der Waals surface area contributed by atoms with Crippen LogP contribution in [0.25, 0.3) is 0 Å². The molecule has 0 bridgehead atoms. The van der Waals surface area contributed by atoms with Gasteiger partial charge < -0.3 is 20.1 Å². The number of amides is 2. The van der Waals surface area contributed by atoms with E-state index < -0.39 is 0 Å². The van der Waals surface area contributed by atoms with E-state index in [4.69, 9.17) is 11.6 Å². The molecule has 1 aliphatic rings. The highest BCUT2D eigenvalue weighted by molar-refractivity contribution is 6.34. The quantitative estimate of drug-likeness (QED) is 0.879. The molecule has 2 amide bonds. The van der Waals surface area contributed by atoms with Crippen molar-refractivity contribution in [3.05, 3.63) is 47.0 Å². The van der Waals surface area contributed by atoms with Crippen LogP contribution in [0.3, 0.4) is 0 Å². The van der Waals surface area contributed by atoms with Gasteiger partial charge in [0.15, 0.2) is 5.82 Å². The summed E-state index contributed by atoms with van der Waals surface area (Å²) < 4.78 is 1.62. The first kappa shape index (κ1) is 16.5. The molecule has 0 aliphatic carbocycles. The van der Waals surface area contributed by atoms with E-state index in [2.05, 4.69) is 15.6 Å². The zero-order chi connectivity index (χ0) is 17.1. The summed E-state index contributed by atoms with van der Waals surface area (Å²) in [6.07, 6.45) is 3.24. The van der Waals surface area contributed by atoms with Gasteiger partial charge in [-0.3, -0.25) is 9.59 Å². The van der Waals surface area contributed by atoms with Crippen LogP contribution in [0.1, 0.15) is 21.0 Å². The van der Waals surface area contributed by atoms with Crippen molar-refractivity contribution in [1.29, 1.82) is 0 Å². The summed E-state index contributed by atoms with van der Waals surface area (Å²) in [6.45, 7) is 2.88. The average Bonchev–Trinajstić information content (AvgIpc) is 3.01. The highest BCUT2D eigenvalue weighted by Crippen LogP contribution is 2.23. The summed E-state index contributed by atoms with van der Waals surface area (Å²) in [7, 11) is 1.74. The van der Waals surface area contributed by atoms with Gasteiger partial charge in [0, 0.05) is 51.3 Å². The second-order valence-corrected chi connectivity index (χ2v) is 5.96. The SMILES string of the molecule is Cn1ccnc1C(=O)Nc1ccc(C(=O)N2CCNCC2)c(Cl)c1. The van der Waals surface area contributed by atoms with E-state index in [0.29, 0.717) is 35.2 Å². The third-order valence-corrected chi connectivity index (χ3v) is 4.20. The van der Waals surface area contributed by atoms with Crippen molar-refractivity contribution < 1.29 is 9.59 Å². The predicted octanol–water partition coefficient (Wildman–Crippen LogP) is 1.37. The number of piperazine rings is 1. The Labute approximate surface area is 144 Å². The number of hydrogen-bond donors (Lipinski definition) is 2. The van der Waals surface area contributed by atoms with Gasteiger partial charge in [0.25, 0.3) is 11.8 Å². The molecule has 7 nitrogen and oxygen atoms in total. The van der Waals surface area contributed by atoms with Crippen LogP contribution in [0, 0.1) is 0 Å². The van der Waals surface area contributed by atoms with Crippen LogP contribution in [0.15, 0.2) is 30.6 Å². The van der Waals surface area contributed by atoms with Crippen molar-refractivity contribution in [3.63, 3.8) is 0 Å². The van der Waals surface area contributed by atoms with Crippen LogP contribution in [0.2, 0.25) is 5.02 Å². The smallest absolute Gasteiger partial charge is 0.291 e. The maximum Gasteiger partial charge on any atom is 0.291 e. The third kappa shape index (κ3) is 3.42. The normalized spacial score (nSPS) is 14.5. The summed E-state index contributed by atoms with van der Waals surface area (Å²) in [6, 6.07) is 4.89. The molecule has 1 fully saturated rings. The minimum Gasteiger partial charge on any atom is -0.336 e. The molecule has 24 heavy (non-hydrogen) atoms. The van der Waals surface area contributed by atoms with Gasteiger partial charge in [-0.25, -0.2) is 4.98 Å². The number of nitrogens with zero attached hydrogens (tertiary/aromatic N) is 3. The lowest BCUT2D eigenvalue weighted by molar-refractivity contribution is 0.0736. The summed E-state index contributed by atoms with van der Waals surface area (Å²) in [5.41, 5.74) is 0.957. The Bertz CT molecular complexity index is 768. The first-order chi connectivity index (χ1) is 11.6. The number of rotatable bonds is 3. The third-order valence-electron chi connectivity index (χ3n) is 3.89. The number of carbonyl (C=O) groups is 2. The Hall–Kier alpha value is -2.38. The van der Waals surface area contributed by atoms with Gasteiger partial charge in [0.05, 0.1) is 10.6 Å². The van der Waals surface area contributed by atoms with E-state index in [1.807, 2.05) is 0 Å². The minimum absolute atomic E-state index is 0.0940. The molecule has 2 aromatic rings. The molecule has 1 aromatic carbocycles. The maximum absolute atomic E-state index is 12.5. The minimum atomic E-state index is -0.334. The van der Waals surface area contributed by atoms with Crippen LogP contribution in [-0.2, 0) is 7.05 Å². The van der Waals surface area contributed by atoms with Crippen LogP contribution in [0.5, 0.6) is 0 Å². The molecule has 2 N–H and O–H groups in total. The number of anilines is 1. The lowest BCUT2D eigenvalue weighted by atomic mass is 10.1. The van der Waals surface area contributed by atoms with Gasteiger partial charge in [-0.1, -0.05) is 11.6 Å². The summed E-state index contributed by atoms with van der Waals surface area (Å²) in [4.78, 5) is 30.4. The number of imidazole rings is 1. The van der Waals surface area contributed by atoms with Crippen LogP contribution < -0.4 is 10.6 Å². The van der Waals surface area contributed by atoms with Gasteiger partial charge in [-0.15, -0.1) is 0 Å². The van der Waals surface area contributed by atoms with Gasteiger partial charge in [0.2, 0.25) is 0 Å². The monoisotopic (exact) mass is 347 g/mol. The molecule has 0 saturated carbocycles.